The Hall–Kier alpha value is -2.85. The Morgan fingerprint density at radius 3 is 2.70 bits per heavy atom. The van der Waals surface area contributed by atoms with Gasteiger partial charge in [-0.25, -0.2) is 0 Å². The summed E-state index contributed by atoms with van der Waals surface area (Å²) in [6, 6.07) is 5.59. The fourth-order valence-electron chi connectivity index (χ4n) is 2.30. The first-order valence-corrected chi connectivity index (χ1v) is 8.46. The van der Waals surface area contributed by atoms with Crippen LogP contribution >= 0.6 is 0 Å². The highest BCUT2D eigenvalue weighted by Gasteiger charge is 2.21. The lowest BCUT2D eigenvalue weighted by Crippen LogP contribution is -2.37. The lowest BCUT2D eigenvalue weighted by atomic mass is 10.2. The molecular weight excluding hydrogens is 354 g/mol. The van der Waals surface area contributed by atoms with E-state index in [1.807, 2.05) is 6.92 Å². The van der Waals surface area contributed by atoms with Gasteiger partial charge in [-0.05, 0) is 32.5 Å². The zero-order valence-electron chi connectivity index (χ0n) is 15.5. The summed E-state index contributed by atoms with van der Waals surface area (Å²) in [4.78, 5) is 24.0. The summed E-state index contributed by atoms with van der Waals surface area (Å²) < 4.78 is 10.6. The number of carbonyl (C=O) groups excluding carboxylic acids is 1. The van der Waals surface area contributed by atoms with Crippen LogP contribution in [-0.4, -0.2) is 59.8 Å². The van der Waals surface area contributed by atoms with Crippen LogP contribution in [0.5, 0.6) is 0 Å². The van der Waals surface area contributed by atoms with Gasteiger partial charge in [0.2, 0.25) is 17.7 Å². The van der Waals surface area contributed by atoms with Gasteiger partial charge in [0.1, 0.15) is 0 Å². The molecule has 0 saturated carbocycles. The SMILES string of the molecule is COCCCNC(=O)CN(C)C(C)c1nnc(-c2ccc([N+](=O)[O-])cc2)o1. The molecule has 1 amide bonds. The molecule has 10 nitrogen and oxygen atoms in total. The van der Waals surface area contributed by atoms with Crippen LogP contribution in [0.3, 0.4) is 0 Å². The first-order valence-electron chi connectivity index (χ1n) is 8.46. The highest BCUT2D eigenvalue weighted by molar-refractivity contribution is 5.77. The van der Waals surface area contributed by atoms with Crippen LogP contribution in [0, 0.1) is 10.1 Å². The third-order valence-electron chi connectivity index (χ3n) is 4.02. The second-order valence-electron chi connectivity index (χ2n) is 6.04. The Morgan fingerprint density at radius 2 is 2.07 bits per heavy atom. The van der Waals surface area contributed by atoms with Gasteiger partial charge in [-0.3, -0.25) is 19.8 Å². The van der Waals surface area contributed by atoms with Crippen molar-refractivity contribution in [1.82, 2.24) is 20.4 Å². The number of nitro benzene ring substituents is 1. The molecule has 10 heteroatoms. The van der Waals surface area contributed by atoms with Crippen molar-refractivity contribution < 1.29 is 18.9 Å². The van der Waals surface area contributed by atoms with Crippen LogP contribution in [0.15, 0.2) is 28.7 Å². The number of benzene rings is 1. The monoisotopic (exact) mass is 377 g/mol. The number of nitrogens with zero attached hydrogens (tertiary/aromatic N) is 4. The zero-order valence-corrected chi connectivity index (χ0v) is 15.5. The standard InChI is InChI=1S/C17H23N5O5/c1-12(21(2)11-15(23)18-9-4-10-26-3)16-19-20-17(27-16)13-5-7-14(8-6-13)22(24)25/h5-8,12H,4,9-11H2,1-3H3,(H,18,23). The summed E-state index contributed by atoms with van der Waals surface area (Å²) in [6.45, 7) is 3.19. The van der Waals surface area contributed by atoms with Crippen LogP contribution in [0.4, 0.5) is 5.69 Å². The lowest BCUT2D eigenvalue weighted by molar-refractivity contribution is -0.384. The molecule has 2 aromatic rings. The van der Waals surface area contributed by atoms with Crippen molar-refractivity contribution in [2.75, 3.05) is 33.9 Å². The molecule has 0 spiro atoms. The van der Waals surface area contributed by atoms with Crippen LogP contribution < -0.4 is 5.32 Å². The van der Waals surface area contributed by atoms with Crippen molar-refractivity contribution in [3.05, 3.63) is 40.3 Å². The third-order valence-corrected chi connectivity index (χ3v) is 4.02. The third kappa shape index (κ3) is 5.83. The van der Waals surface area contributed by atoms with Gasteiger partial charge in [0.15, 0.2) is 0 Å². The summed E-state index contributed by atoms with van der Waals surface area (Å²) in [5.74, 6) is 0.526. The Labute approximate surface area is 156 Å². The van der Waals surface area contributed by atoms with E-state index in [0.717, 1.165) is 6.42 Å². The molecule has 2 rings (SSSR count). The average Bonchev–Trinajstić information content (AvgIpc) is 3.14. The number of hydrogen-bond acceptors (Lipinski definition) is 8. The van der Waals surface area contributed by atoms with Crippen LogP contribution in [-0.2, 0) is 9.53 Å². The van der Waals surface area contributed by atoms with Crippen LogP contribution in [0.2, 0.25) is 0 Å². The van der Waals surface area contributed by atoms with Gasteiger partial charge in [0, 0.05) is 38.0 Å². The van der Waals surface area contributed by atoms with Gasteiger partial charge in [-0.1, -0.05) is 0 Å². The smallest absolute Gasteiger partial charge is 0.269 e. The predicted octanol–water partition coefficient (Wildman–Crippen LogP) is 1.79. The minimum absolute atomic E-state index is 0.0110. The maximum atomic E-state index is 12.0. The van der Waals surface area contributed by atoms with Gasteiger partial charge < -0.3 is 14.5 Å². The quantitative estimate of drug-likeness (QED) is 0.377. The maximum absolute atomic E-state index is 12.0. The fraction of sp³-hybridized carbons (Fsp3) is 0.471. The number of aromatic nitrogens is 2. The number of amides is 1. The molecule has 1 unspecified atom stereocenters. The van der Waals surface area contributed by atoms with Crippen LogP contribution in [0.25, 0.3) is 11.5 Å². The Bertz CT molecular complexity index is 761. The molecule has 27 heavy (non-hydrogen) atoms. The number of nitrogens with one attached hydrogen (secondary N) is 1. The number of nitro groups is 1. The summed E-state index contributed by atoms with van der Waals surface area (Å²) >= 11 is 0. The van der Waals surface area contributed by atoms with Crippen molar-refractivity contribution in [3.63, 3.8) is 0 Å². The summed E-state index contributed by atoms with van der Waals surface area (Å²) in [7, 11) is 3.40. The fourth-order valence-corrected chi connectivity index (χ4v) is 2.30. The lowest BCUT2D eigenvalue weighted by Gasteiger charge is -2.21. The molecule has 0 aliphatic heterocycles. The van der Waals surface area contributed by atoms with Gasteiger partial charge in [0.25, 0.3) is 5.69 Å². The number of rotatable bonds is 10. The van der Waals surface area contributed by atoms with Gasteiger partial charge in [-0.2, -0.15) is 0 Å². The highest BCUT2D eigenvalue weighted by atomic mass is 16.6. The van der Waals surface area contributed by atoms with E-state index in [-0.39, 0.29) is 30.1 Å². The molecule has 1 N–H and O–H groups in total. The molecule has 1 aromatic carbocycles. The molecule has 0 bridgehead atoms. The number of methoxy groups -OCH3 is 1. The zero-order chi connectivity index (χ0) is 19.8. The number of non-ortho nitro benzene ring substituents is 1. The van der Waals surface area contributed by atoms with Crippen molar-refractivity contribution >= 4 is 11.6 Å². The maximum Gasteiger partial charge on any atom is 0.269 e. The van der Waals surface area contributed by atoms with E-state index in [1.165, 1.54) is 12.1 Å². The van der Waals surface area contributed by atoms with E-state index in [4.69, 9.17) is 9.15 Å². The normalized spacial score (nSPS) is 12.1. The van der Waals surface area contributed by atoms with Gasteiger partial charge in [0.05, 0.1) is 17.5 Å². The first kappa shape index (κ1) is 20.5. The van der Waals surface area contributed by atoms with Gasteiger partial charge >= 0.3 is 0 Å². The molecule has 1 heterocycles. The molecule has 1 aromatic heterocycles. The second kappa shape index (κ2) is 9.74. The van der Waals surface area contributed by atoms with E-state index in [2.05, 4.69) is 15.5 Å². The van der Waals surface area contributed by atoms with Crippen molar-refractivity contribution in [2.45, 2.75) is 19.4 Å². The minimum Gasteiger partial charge on any atom is -0.419 e. The average molecular weight is 377 g/mol. The summed E-state index contributed by atoms with van der Waals surface area (Å²) in [6.07, 6.45) is 0.754. The topological polar surface area (TPSA) is 124 Å². The Morgan fingerprint density at radius 1 is 1.37 bits per heavy atom. The molecular formula is C17H23N5O5. The highest BCUT2D eigenvalue weighted by Crippen LogP contribution is 2.24. The second-order valence-corrected chi connectivity index (χ2v) is 6.04. The number of likely N-dealkylation sites (N-methyl/N-ethyl adjacent to an activating group) is 1. The van der Waals surface area contributed by atoms with Crippen LogP contribution in [0.1, 0.15) is 25.3 Å². The number of hydrogen-bond donors (Lipinski definition) is 1. The van der Waals surface area contributed by atoms with E-state index >= 15 is 0 Å². The van der Waals surface area contributed by atoms with E-state index in [1.54, 1.807) is 31.2 Å². The molecule has 0 fully saturated rings. The Balaban J connectivity index is 1.94. The molecule has 0 radical (unpaired) electrons. The Kier molecular flexibility index (Phi) is 7.38. The molecule has 1 atom stereocenters. The van der Waals surface area contributed by atoms with Crippen molar-refractivity contribution in [3.8, 4) is 11.5 Å². The largest absolute Gasteiger partial charge is 0.419 e. The van der Waals surface area contributed by atoms with Crippen molar-refractivity contribution in [2.24, 2.45) is 0 Å². The molecule has 0 aliphatic carbocycles. The minimum atomic E-state index is -0.472. The molecule has 0 aliphatic rings. The van der Waals surface area contributed by atoms with Gasteiger partial charge in [-0.15, -0.1) is 10.2 Å². The first-order chi connectivity index (χ1) is 12.9. The van der Waals surface area contributed by atoms with Crippen molar-refractivity contribution in [1.29, 1.82) is 0 Å². The summed E-state index contributed by atoms with van der Waals surface area (Å²) in [5.41, 5.74) is 0.577. The number of carbonyl (C=O) groups is 1. The summed E-state index contributed by atoms with van der Waals surface area (Å²) in [5, 5.41) is 21.5. The molecule has 0 saturated heterocycles. The van der Waals surface area contributed by atoms with E-state index < -0.39 is 4.92 Å². The molecule has 146 valence electrons. The predicted molar refractivity (Wildman–Crippen MR) is 96.9 cm³/mol. The number of ether oxygens (including phenoxy) is 1. The van der Waals surface area contributed by atoms with E-state index in [0.29, 0.717) is 24.6 Å². The van der Waals surface area contributed by atoms with E-state index in [9.17, 15) is 14.9 Å².